The van der Waals surface area contributed by atoms with Gasteiger partial charge in [-0.05, 0) is 61.8 Å². The van der Waals surface area contributed by atoms with Crippen LogP contribution in [0.25, 0.3) is 0 Å². The van der Waals surface area contributed by atoms with E-state index in [9.17, 15) is 0 Å². The zero-order valence-corrected chi connectivity index (χ0v) is 16.0. The molecule has 0 bridgehead atoms. The normalized spacial score (nSPS) is 20.0. The summed E-state index contributed by atoms with van der Waals surface area (Å²) in [4.78, 5) is 5.72. The monoisotopic (exact) mass is 419 g/mol. The highest BCUT2D eigenvalue weighted by molar-refractivity contribution is 14.0. The third kappa shape index (κ3) is 4.84. The molecule has 1 aromatic rings. The summed E-state index contributed by atoms with van der Waals surface area (Å²) in [5, 5.41) is 9.17. The topological polar surface area (TPSA) is 36.4 Å². The van der Waals surface area contributed by atoms with E-state index in [1.165, 1.54) is 30.6 Å². The molecule has 2 aliphatic rings. The number of guanidine groups is 1. The number of rotatable bonds is 6. The first-order valence-corrected chi connectivity index (χ1v) is 8.66. The molecule has 21 heavy (non-hydrogen) atoms. The van der Waals surface area contributed by atoms with Gasteiger partial charge >= 0.3 is 0 Å². The average molecular weight is 419 g/mol. The second-order valence-electron chi connectivity index (χ2n) is 6.17. The van der Waals surface area contributed by atoms with Gasteiger partial charge in [-0.15, -0.1) is 35.3 Å². The van der Waals surface area contributed by atoms with E-state index in [0.717, 1.165) is 30.3 Å². The summed E-state index contributed by atoms with van der Waals surface area (Å²) in [6, 6.07) is 4.60. The van der Waals surface area contributed by atoms with Gasteiger partial charge in [0.2, 0.25) is 0 Å². The van der Waals surface area contributed by atoms with Crippen molar-refractivity contribution in [1.82, 2.24) is 10.6 Å². The van der Waals surface area contributed by atoms with Crippen LogP contribution < -0.4 is 10.6 Å². The highest BCUT2D eigenvalue weighted by atomic mass is 127. The molecule has 1 aromatic heterocycles. The van der Waals surface area contributed by atoms with Gasteiger partial charge in [-0.3, -0.25) is 4.99 Å². The molecule has 1 unspecified atom stereocenters. The smallest absolute Gasteiger partial charge is 0.191 e. The SMILES string of the molecule is CN=C(NCC(C1CC1)C1CC1)NC(C)c1cccs1.I. The summed E-state index contributed by atoms with van der Waals surface area (Å²) in [5.41, 5.74) is 0. The van der Waals surface area contributed by atoms with E-state index in [1.807, 2.05) is 7.05 Å². The first-order chi connectivity index (χ1) is 9.78. The average Bonchev–Trinajstić information content (AvgIpc) is 3.39. The van der Waals surface area contributed by atoms with E-state index >= 15 is 0 Å². The Kier molecular flexibility index (Phi) is 6.34. The number of thiophene rings is 1. The van der Waals surface area contributed by atoms with Crippen molar-refractivity contribution in [2.75, 3.05) is 13.6 Å². The van der Waals surface area contributed by atoms with Gasteiger partial charge in [0.05, 0.1) is 6.04 Å². The van der Waals surface area contributed by atoms with Crippen LogP contribution in [0.2, 0.25) is 0 Å². The van der Waals surface area contributed by atoms with Crippen molar-refractivity contribution in [1.29, 1.82) is 0 Å². The second-order valence-corrected chi connectivity index (χ2v) is 7.15. The predicted octanol–water partition coefficient (Wildman–Crippen LogP) is 4.03. The molecule has 0 amide bonds. The standard InChI is InChI=1S/C16H25N3S.HI/c1-11(15-4-3-9-20-15)19-16(17-2)18-10-14(12-5-6-12)13-7-8-13;/h3-4,9,11-14H,5-8,10H2,1-2H3,(H2,17,18,19);1H. The number of hydrogen-bond acceptors (Lipinski definition) is 2. The van der Waals surface area contributed by atoms with Gasteiger partial charge in [0.1, 0.15) is 0 Å². The van der Waals surface area contributed by atoms with Gasteiger partial charge in [0, 0.05) is 18.5 Å². The van der Waals surface area contributed by atoms with Crippen LogP contribution in [0.1, 0.15) is 43.5 Å². The van der Waals surface area contributed by atoms with Crippen molar-refractivity contribution in [2.24, 2.45) is 22.7 Å². The molecule has 118 valence electrons. The summed E-state index contributed by atoms with van der Waals surface area (Å²) >= 11 is 1.79. The Labute approximate surface area is 149 Å². The summed E-state index contributed by atoms with van der Waals surface area (Å²) < 4.78 is 0. The van der Waals surface area contributed by atoms with Crippen LogP contribution in [-0.2, 0) is 0 Å². The van der Waals surface area contributed by atoms with E-state index in [0.29, 0.717) is 6.04 Å². The zero-order valence-electron chi connectivity index (χ0n) is 12.8. The summed E-state index contributed by atoms with van der Waals surface area (Å²) in [6.07, 6.45) is 5.78. The molecule has 2 N–H and O–H groups in total. The lowest BCUT2D eigenvalue weighted by molar-refractivity contribution is 0.399. The third-order valence-corrected chi connectivity index (χ3v) is 5.56. The number of halogens is 1. The molecule has 0 aromatic carbocycles. The van der Waals surface area contributed by atoms with Crippen LogP contribution in [0.5, 0.6) is 0 Å². The fraction of sp³-hybridized carbons (Fsp3) is 0.688. The summed E-state index contributed by atoms with van der Waals surface area (Å²) in [6.45, 7) is 3.28. The van der Waals surface area contributed by atoms with Crippen molar-refractivity contribution in [3.63, 3.8) is 0 Å². The lowest BCUT2D eigenvalue weighted by Crippen LogP contribution is -2.41. The molecule has 2 aliphatic carbocycles. The second kappa shape index (κ2) is 7.81. The Hall–Kier alpha value is -0.300. The van der Waals surface area contributed by atoms with Gasteiger partial charge < -0.3 is 10.6 Å². The van der Waals surface area contributed by atoms with E-state index in [4.69, 9.17) is 0 Å². The highest BCUT2D eigenvalue weighted by Gasteiger charge is 2.41. The van der Waals surface area contributed by atoms with E-state index in [1.54, 1.807) is 11.3 Å². The van der Waals surface area contributed by atoms with Crippen molar-refractivity contribution in [3.8, 4) is 0 Å². The number of nitrogens with zero attached hydrogens (tertiary/aromatic N) is 1. The molecule has 5 heteroatoms. The first kappa shape index (κ1) is 17.1. The third-order valence-electron chi connectivity index (χ3n) is 4.51. The zero-order chi connectivity index (χ0) is 13.9. The van der Waals surface area contributed by atoms with Gasteiger partial charge in [0.15, 0.2) is 5.96 Å². The lowest BCUT2D eigenvalue weighted by atomic mass is 9.98. The highest BCUT2D eigenvalue weighted by Crippen LogP contribution is 2.48. The quantitative estimate of drug-likeness (QED) is 0.415. The molecule has 0 spiro atoms. The van der Waals surface area contributed by atoms with Crippen molar-refractivity contribution in [3.05, 3.63) is 22.4 Å². The molecular formula is C16H26IN3S. The van der Waals surface area contributed by atoms with Crippen molar-refractivity contribution >= 4 is 41.3 Å². The first-order valence-electron chi connectivity index (χ1n) is 7.78. The van der Waals surface area contributed by atoms with E-state index < -0.39 is 0 Å². The fourth-order valence-electron chi connectivity index (χ4n) is 2.99. The van der Waals surface area contributed by atoms with Gasteiger partial charge in [-0.1, -0.05) is 6.07 Å². The molecule has 0 aliphatic heterocycles. The minimum atomic E-state index is 0. The maximum atomic E-state index is 4.37. The maximum absolute atomic E-state index is 4.37. The maximum Gasteiger partial charge on any atom is 0.191 e. The lowest BCUT2D eigenvalue weighted by Gasteiger charge is -2.21. The minimum absolute atomic E-state index is 0. The molecule has 2 fully saturated rings. The van der Waals surface area contributed by atoms with Crippen molar-refractivity contribution in [2.45, 2.75) is 38.6 Å². The Balaban J connectivity index is 0.00000161. The van der Waals surface area contributed by atoms with Gasteiger partial charge in [0.25, 0.3) is 0 Å². The number of aliphatic imine (C=N–C) groups is 1. The van der Waals surface area contributed by atoms with Crippen molar-refractivity contribution < 1.29 is 0 Å². The largest absolute Gasteiger partial charge is 0.356 e. The molecule has 3 rings (SSSR count). The summed E-state index contributed by atoms with van der Waals surface area (Å²) in [7, 11) is 1.86. The summed E-state index contributed by atoms with van der Waals surface area (Å²) in [5.74, 6) is 3.80. The van der Waals surface area contributed by atoms with Crippen LogP contribution in [0.15, 0.2) is 22.5 Å². The number of hydrogen-bond donors (Lipinski definition) is 2. The van der Waals surface area contributed by atoms with E-state index in [-0.39, 0.29) is 24.0 Å². The van der Waals surface area contributed by atoms with Gasteiger partial charge in [-0.2, -0.15) is 0 Å². The van der Waals surface area contributed by atoms with Crippen LogP contribution in [-0.4, -0.2) is 19.6 Å². The molecule has 3 nitrogen and oxygen atoms in total. The molecular weight excluding hydrogens is 393 g/mol. The Morgan fingerprint density at radius 2 is 2.00 bits per heavy atom. The van der Waals surface area contributed by atoms with Gasteiger partial charge in [-0.25, -0.2) is 0 Å². The van der Waals surface area contributed by atoms with E-state index in [2.05, 4.69) is 40.1 Å². The molecule has 2 saturated carbocycles. The molecule has 0 radical (unpaired) electrons. The molecule has 1 heterocycles. The fourth-order valence-corrected chi connectivity index (χ4v) is 3.72. The number of nitrogens with one attached hydrogen (secondary N) is 2. The Bertz CT molecular complexity index is 440. The van der Waals surface area contributed by atoms with Crippen LogP contribution >= 0.6 is 35.3 Å². The van der Waals surface area contributed by atoms with Crippen LogP contribution in [0.4, 0.5) is 0 Å². The minimum Gasteiger partial charge on any atom is -0.356 e. The predicted molar refractivity (Wildman–Crippen MR) is 102 cm³/mol. The van der Waals surface area contributed by atoms with Crippen LogP contribution in [0, 0.1) is 17.8 Å². The Morgan fingerprint density at radius 3 is 2.48 bits per heavy atom. The molecule has 1 atom stereocenters. The Morgan fingerprint density at radius 1 is 1.33 bits per heavy atom. The molecule has 0 saturated heterocycles. The van der Waals surface area contributed by atoms with Crippen LogP contribution in [0.3, 0.4) is 0 Å².